The monoisotopic (exact) mass is 329 g/mol. The van der Waals surface area contributed by atoms with Crippen molar-refractivity contribution in [2.24, 2.45) is 0 Å². The van der Waals surface area contributed by atoms with E-state index in [0.717, 1.165) is 36.9 Å². The van der Waals surface area contributed by atoms with E-state index in [4.69, 9.17) is 4.42 Å². The second-order valence-corrected chi connectivity index (χ2v) is 6.15. The van der Waals surface area contributed by atoms with Crippen molar-refractivity contribution in [3.63, 3.8) is 0 Å². The summed E-state index contributed by atoms with van der Waals surface area (Å²) in [5.74, 6) is 0.817. The second-order valence-electron chi connectivity index (χ2n) is 6.15. The molecule has 0 aliphatic carbocycles. The molecule has 2 N–H and O–H groups in total. The highest BCUT2D eigenvalue weighted by Crippen LogP contribution is 2.23. The molecule has 24 heavy (non-hydrogen) atoms. The van der Waals surface area contributed by atoms with E-state index < -0.39 is 0 Å². The van der Waals surface area contributed by atoms with Crippen molar-refractivity contribution in [1.29, 1.82) is 0 Å². The van der Waals surface area contributed by atoms with Gasteiger partial charge in [-0.2, -0.15) is 0 Å². The average Bonchev–Trinajstić information content (AvgIpc) is 3.24. The smallest absolute Gasteiger partial charge is 0.315 e. The molecule has 1 aliphatic rings. The number of amides is 3. The third-order valence-electron chi connectivity index (χ3n) is 4.30. The highest BCUT2D eigenvalue weighted by Gasteiger charge is 2.18. The van der Waals surface area contributed by atoms with Crippen LogP contribution < -0.4 is 10.6 Å². The lowest BCUT2D eigenvalue weighted by molar-refractivity contribution is -0.129. The Kier molecular flexibility index (Phi) is 5.03. The number of hydrogen-bond donors (Lipinski definition) is 2. The summed E-state index contributed by atoms with van der Waals surface area (Å²) in [6, 6.07) is 9.12. The summed E-state index contributed by atoms with van der Waals surface area (Å²) >= 11 is 0. The maximum atomic E-state index is 12.0. The molecule has 0 unspecified atom stereocenters. The summed E-state index contributed by atoms with van der Waals surface area (Å²) in [5, 5.41) is 6.58. The average molecular weight is 329 g/mol. The van der Waals surface area contributed by atoms with Gasteiger partial charge in [0.05, 0.1) is 6.04 Å². The van der Waals surface area contributed by atoms with E-state index >= 15 is 0 Å². The first kappa shape index (κ1) is 16.4. The van der Waals surface area contributed by atoms with Crippen LogP contribution in [0, 0.1) is 0 Å². The standard InChI is InChI=1S/C18H23N3O3/c1-13(16-12-14-6-2-3-7-15(14)24-16)20-18(23)19-9-8-17(22)21-10-4-5-11-21/h2-3,6-7,12-13H,4-5,8-11H2,1H3,(H2,19,20,23)/t13-/m0/s1. The summed E-state index contributed by atoms with van der Waals surface area (Å²) in [6.45, 7) is 3.89. The molecule has 6 nitrogen and oxygen atoms in total. The fourth-order valence-corrected chi connectivity index (χ4v) is 2.94. The zero-order chi connectivity index (χ0) is 16.9. The van der Waals surface area contributed by atoms with Crippen molar-refractivity contribution in [3.8, 4) is 0 Å². The van der Waals surface area contributed by atoms with Gasteiger partial charge in [0, 0.05) is 31.4 Å². The molecule has 1 aromatic carbocycles. The van der Waals surface area contributed by atoms with Gasteiger partial charge in [-0.1, -0.05) is 18.2 Å². The zero-order valence-corrected chi connectivity index (χ0v) is 13.9. The minimum absolute atomic E-state index is 0.109. The first-order valence-electron chi connectivity index (χ1n) is 8.44. The van der Waals surface area contributed by atoms with Crippen LogP contribution in [0.4, 0.5) is 4.79 Å². The quantitative estimate of drug-likeness (QED) is 0.886. The first-order valence-corrected chi connectivity index (χ1v) is 8.44. The second kappa shape index (κ2) is 7.38. The Morgan fingerprint density at radius 3 is 2.75 bits per heavy atom. The number of carbonyl (C=O) groups is 2. The number of hydrogen-bond acceptors (Lipinski definition) is 3. The number of nitrogens with one attached hydrogen (secondary N) is 2. The molecule has 128 valence electrons. The van der Waals surface area contributed by atoms with Crippen LogP contribution in [0.15, 0.2) is 34.7 Å². The van der Waals surface area contributed by atoms with Gasteiger partial charge in [0.1, 0.15) is 11.3 Å². The van der Waals surface area contributed by atoms with Gasteiger partial charge in [0.25, 0.3) is 0 Å². The van der Waals surface area contributed by atoms with E-state index in [-0.39, 0.29) is 18.0 Å². The summed E-state index contributed by atoms with van der Waals surface area (Å²) in [6.07, 6.45) is 2.50. The Labute approximate surface area is 141 Å². The molecule has 1 aliphatic heterocycles. The third kappa shape index (κ3) is 3.88. The van der Waals surface area contributed by atoms with E-state index in [0.29, 0.717) is 18.7 Å². The van der Waals surface area contributed by atoms with E-state index in [9.17, 15) is 9.59 Å². The number of likely N-dealkylation sites (tertiary alicyclic amines) is 1. The molecule has 2 heterocycles. The van der Waals surface area contributed by atoms with Gasteiger partial charge in [-0.3, -0.25) is 4.79 Å². The van der Waals surface area contributed by atoms with Gasteiger partial charge in [0.2, 0.25) is 5.91 Å². The Bertz CT molecular complexity index is 686. The predicted molar refractivity (Wildman–Crippen MR) is 91.6 cm³/mol. The maximum absolute atomic E-state index is 12.0. The fourth-order valence-electron chi connectivity index (χ4n) is 2.94. The number of para-hydroxylation sites is 1. The number of urea groups is 1. The van der Waals surface area contributed by atoms with Gasteiger partial charge in [-0.05, 0) is 31.9 Å². The Morgan fingerprint density at radius 1 is 1.25 bits per heavy atom. The minimum Gasteiger partial charge on any atom is -0.459 e. The van der Waals surface area contributed by atoms with Gasteiger partial charge >= 0.3 is 6.03 Å². The third-order valence-corrected chi connectivity index (χ3v) is 4.30. The molecule has 0 saturated carbocycles. The number of rotatable bonds is 5. The summed E-state index contributed by atoms with van der Waals surface area (Å²) < 4.78 is 5.74. The topological polar surface area (TPSA) is 74.6 Å². The number of benzene rings is 1. The van der Waals surface area contributed by atoms with Gasteiger partial charge in [0.15, 0.2) is 0 Å². The fraction of sp³-hybridized carbons (Fsp3) is 0.444. The number of nitrogens with zero attached hydrogens (tertiary/aromatic N) is 1. The number of fused-ring (bicyclic) bond motifs is 1. The molecule has 3 rings (SSSR count). The van der Waals surface area contributed by atoms with Crippen LogP contribution in [0.5, 0.6) is 0 Å². The van der Waals surface area contributed by atoms with Crippen LogP contribution in [0.3, 0.4) is 0 Å². The number of carbonyl (C=O) groups excluding carboxylic acids is 2. The van der Waals surface area contributed by atoms with E-state index in [1.807, 2.05) is 42.2 Å². The van der Waals surface area contributed by atoms with Crippen molar-refractivity contribution in [3.05, 3.63) is 36.1 Å². The molecular formula is C18H23N3O3. The SMILES string of the molecule is C[C@H](NC(=O)NCCC(=O)N1CCCC1)c1cc2ccccc2o1. The van der Waals surface area contributed by atoms with Crippen molar-refractivity contribution in [2.45, 2.75) is 32.2 Å². The predicted octanol–water partition coefficient (Wildman–Crippen LogP) is 2.81. The Morgan fingerprint density at radius 2 is 2.00 bits per heavy atom. The van der Waals surface area contributed by atoms with Crippen LogP contribution in [-0.4, -0.2) is 36.5 Å². The van der Waals surface area contributed by atoms with Crippen LogP contribution in [0.1, 0.15) is 38.0 Å². The van der Waals surface area contributed by atoms with Crippen molar-refractivity contribution in [2.75, 3.05) is 19.6 Å². The molecular weight excluding hydrogens is 306 g/mol. The molecule has 1 saturated heterocycles. The van der Waals surface area contributed by atoms with Crippen molar-refractivity contribution in [1.82, 2.24) is 15.5 Å². The maximum Gasteiger partial charge on any atom is 0.315 e. The molecule has 0 radical (unpaired) electrons. The first-order chi connectivity index (χ1) is 11.6. The summed E-state index contributed by atoms with van der Waals surface area (Å²) in [7, 11) is 0. The molecule has 1 fully saturated rings. The molecule has 3 amide bonds. The lowest BCUT2D eigenvalue weighted by Crippen LogP contribution is -2.39. The highest BCUT2D eigenvalue weighted by atomic mass is 16.3. The minimum atomic E-state index is -0.294. The van der Waals surface area contributed by atoms with Crippen LogP contribution in [0.2, 0.25) is 0 Å². The van der Waals surface area contributed by atoms with E-state index in [1.165, 1.54) is 0 Å². The van der Waals surface area contributed by atoms with Crippen LogP contribution in [-0.2, 0) is 4.79 Å². The van der Waals surface area contributed by atoms with E-state index in [1.54, 1.807) is 0 Å². The van der Waals surface area contributed by atoms with Crippen molar-refractivity contribution >= 4 is 22.9 Å². The van der Waals surface area contributed by atoms with Crippen molar-refractivity contribution < 1.29 is 14.0 Å². The Hall–Kier alpha value is -2.50. The van der Waals surface area contributed by atoms with Gasteiger partial charge in [-0.25, -0.2) is 4.79 Å². The zero-order valence-electron chi connectivity index (χ0n) is 13.9. The number of furan rings is 1. The van der Waals surface area contributed by atoms with Gasteiger partial charge in [-0.15, -0.1) is 0 Å². The summed E-state index contributed by atoms with van der Waals surface area (Å²) in [4.78, 5) is 25.7. The van der Waals surface area contributed by atoms with Crippen LogP contribution >= 0.6 is 0 Å². The summed E-state index contributed by atoms with van der Waals surface area (Å²) in [5.41, 5.74) is 0.803. The Balaban J connectivity index is 1.44. The largest absolute Gasteiger partial charge is 0.459 e. The van der Waals surface area contributed by atoms with E-state index in [2.05, 4.69) is 10.6 Å². The van der Waals surface area contributed by atoms with Crippen LogP contribution in [0.25, 0.3) is 11.0 Å². The molecule has 6 heteroatoms. The molecule has 1 atom stereocenters. The normalized spacial score (nSPS) is 15.5. The molecule has 2 aromatic rings. The van der Waals surface area contributed by atoms with Gasteiger partial charge < -0.3 is 20.0 Å². The molecule has 1 aromatic heterocycles. The lowest BCUT2D eigenvalue weighted by atomic mass is 10.2. The molecule has 0 spiro atoms. The molecule has 0 bridgehead atoms. The highest BCUT2D eigenvalue weighted by molar-refractivity contribution is 5.79. The lowest BCUT2D eigenvalue weighted by Gasteiger charge is -2.16.